The number of carbonyl (C=O) groups is 2. The topological polar surface area (TPSA) is 95.6 Å². The maximum atomic E-state index is 14.4. The molecule has 9 nitrogen and oxygen atoms in total. The van der Waals surface area contributed by atoms with Crippen LogP contribution in [0.1, 0.15) is 43.7 Å². The molecule has 0 bridgehead atoms. The Labute approximate surface area is 232 Å². The molecule has 40 heavy (non-hydrogen) atoms. The van der Waals surface area contributed by atoms with Crippen LogP contribution in [-0.2, 0) is 9.59 Å². The molecule has 1 saturated carbocycles. The van der Waals surface area contributed by atoms with Gasteiger partial charge in [-0.3, -0.25) is 14.5 Å². The van der Waals surface area contributed by atoms with E-state index in [4.69, 9.17) is 23.7 Å². The lowest BCUT2D eigenvalue weighted by Crippen LogP contribution is -2.52. The van der Waals surface area contributed by atoms with Gasteiger partial charge >= 0.3 is 0 Å². The number of hydrogen-bond donors (Lipinski definition) is 1. The van der Waals surface area contributed by atoms with E-state index in [1.165, 1.54) is 4.90 Å². The summed E-state index contributed by atoms with van der Waals surface area (Å²) in [6.45, 7) is 0.0938. The molecule has 0 spiro atoms. The molecule has 1 N–H and O–H groups in total. The minimum atomic E-state index is -1.01. The SMILES string of the molecule is COc1cccc([C@@H](C(=O)NC2CCCCC2)N(C(=O)[C@H]2COc3ccccc3O2)c2ccc3c(c2)OCO3)c1. The van der Waals surface area contributed by atoms with Gasteiger partial charge in [0.25, 0.3) is 5.91 Å². The standard InChI is InChI=1S/C31H32N2O7/c1-36-23-11-7-8-20(16-23)29(30(34)32-21-9-3-2-4-10-21)33(22-14-15-25-27(17-22)39-19-38-25)31(35)28-18-37-24-12-5-6-13-26(24)40-28/h5-8,11-17,21,28-29H,2-4,9-10,18-19H2,1H3,(H,32,34)/t28-,29+/m1/s1. The molecule has 9 heteroatoms. The first kappa shape index (κ1) is 25.9. The second-order valence-electron chi connectivity index (χ2n) is 10.1. The van der Waals surface area contributed by atoms with Crippen LogP contribution in [0, 0.1) is 0 Å². The van der Waals surface area contributed by atoms with Gasteiger partial charge in [0, 0.05) is 17.8 Å². The molecule has 0 saturated heterocycles. The van der Waals surface area contributed by atoms with Crippen molar-refractivity contribution in [2.45, 2.75) is 50.3 Å². The summed E-state index contributed by atoms with van der Waals surface area (Å²) in [6, 6.07) is 18.7. The number of benzene rings is 3. The van der Waals surface area contributed by atoms with E-state index >= 15 is 0 Å². The van der Waals surface area contributed by atoms with Crippen LogP contribution in [-0.4, -0.2) is 44.5 Å². The van der Waals surface area contributed by atoms with Crippen LogP contribution < -0.4 is 33.9 Å². The number of methoxy groups -OCH3 is 1. The summed E-state index contributed by atoms with van der Waals surface area (Å²) in [5.74, 6) is 2.01. The number of fused-ring (bicyclic) bond motifs is 2. The zero-order valence-electron chi connectivity index (χ0n) is 22.3. The lowest BCUT2D eigenvalue weighted by atomic mass is 9.94. The number of para-hydroxylation sites is 2. The molecule has 2 heterocycles. The number of ether oxygens (including phenoxy) is 5. The first-order valence-electron chi connectivity index (χ1n) is 13.7. The third-order valence-corrected chi connectivity index (χ3v) is 7.52. The van der Waals surface area contributed by atoms with Crippen molar-refractivity contribution >= 4 is 17.5 Å². The molecule has 3 aromatic carbocycles. The molecule has 2 aliphatic heterocycles. The van der Waals surface area contributed by atoms with E-state index in [2.05, 4.69) is 5.32 Å². The second kappa shape index (κ2) is 11.4. The van der Waals surface area contributed by atoms with Crippen molar-refractivity contribution in [2.24, 2.45) is 0 Å². The van der Waals surface area contributed by atoms with E-state index in [9.17, 15) is 9.59 Å². The van der Waals surface area contributed by atoms with E-state index in [-0.39, 0.29) is 25.3 Å². The predicted octanol–water partition coefficient (Wildman–Crippen LogP) is 4.79. The van der Waals surface area contributed by atoms with Crippen LogP contribution in [0.4, 0.5) is 5.69 Å². The Kier molecular flexibility index (Phi) is 7.35. The van der Waals surface area contributed by atoms with E-state index in [1.807, 2.05) is 24.3 Å². The first-order chi connectivity index (χ1) is 19.6. The first-order valence-corrected chi connectivity index (χ1v) is 13.7. The average Bonchev–Trinajstić information content (AvgIpc) is 3.48. The Morgan fingerprint density at radius 3 is 2.48 bits per heavy atom. The van der Waals surface area contributed by atoms with E-state index in [0.717, 1.165) is 32.1 Å². The molecule has 6 rings (SSSR count). The summed E-state index contributed by atoms with van der Waals surface area (Å²) in [5, 5.41) is 3.23. The molecule has 0 unspecified atom stereocenters. The van der Waals surface area contributed by atoms with Crippen molar-refractivity contribution in [1.29, 1.82) is 0 Å². The highest BCUT2D eigenvalue weighted by molar-refractivity contribution is 6.04. The summed E-state index contributed by atoms with van der Waals surface area (Å²) in [7, 11) is 1.57. The molecule has 0 radical (unpaired) electrons. The van der Waals surface area contributed by atoms with Crippen LogP contribution >= 0.6 is 0 Å². The molecule has 0 aromatic heterocycles. The number of anilines is 1. The highest BCUT2D eigenvalue weighted by Gasteiger charge is 2.40. The fourth-order valence-electron chi connectivity index (χ4n) is 5.49. The summed E-state index contributed by atoms with van der Waals surface area (Å²) in [6.07, 6.45) is 4.12. The third kappa shape index (κ3) is 5.23. The van der Waals surface area contributed by atoms with Gasteiger partial charge in [-0.2, -0.15) is 0 Å². The molecule has 1 fully saturated rings. The minimum absolute atomic E-state index is 0.00593. The smallest absolute Gasteiger partial charge is 0.272 e. The van der Waals surface area contributed by atoms with Crippen LogP contribution in [0.2, 0.25) is 0 Å². The predicted molar refractivity (Wildman–Crippen MR) is 147 cm³/mol. The lowest BCUT2D eigenvalue weighted by Gasteiger charge is -2.36. The normalized spacial score (nSPS) is 18.5. The van der Waals surface area contributed by atoms with Gasteiger partial charge in [-0.05, 0) is 54.8 Å². The molecule has 208 valence electrons. The summed E-state index contributed by atoms with van der Waals surface area (Å²) in [5.41, 5.74) is 1.08. The average molecular weight is 545 g/mol. The van der Waals surface area contributed by atoms with Crippen LogP contribution in [0.15, 0.2) is 66.7 Å². The monoisotopic (exact) mass is 544 g/mol. The summed E-state index contributed by atoms with van der Waals surface area (Å²) >= 11 is 0. The van der Waals surface area contributed by atoms with Gasteiger partial charge < -0.3 is 29.0 Å². The van der Waals surface area contributed by atoms with Crippen LogP contribution in [0.3, 0.4) is 0 Å². The lowest BCUT2D eigenvalue weighted by molar-refractivity contribution is -0.132. The largest absolute Gasteiger partial charge is 0.497 e. The number of hydrogen-bond acceptors (Lipinski definition) is 7. The maximum Gasteiger partial charge on any atom is 0.272 e. The number of rotatable bonds is 7. The van der Waals surface area contributed by atoms with E-state index in [0.29, 0.717) is 40.0 Å². The summed E-state index contributed by atoms with van der Waals surface area (Å²) < 4.78 is 28.6. The van der Waals surface area contributed by atoms with Gasteiger partial charge in [0.15, 0.2) is 23.0 Å². The van der Waals surface area contributed by atoms with Crippen LogP contribution in [0.25, 0.3) is 0 Å². The fraction of sp³-hybridized carbons (Fsp3) is 0.355. The van der Waals surface area contributed by atoms with Crippen molar-refractivity contribution in [2.75, 3.05) is 25.4 Å². The molecular weight excluding hydrogens is 512 g/mol. The Bertz CT molecular complexity index is 1390. The molecule has 1 aliphatic carbocycles. The molecule has 2 atom stereocenters. The molecular formula is C31H32N2O7. The van der Waals surface area contributed by atoms with Gasteiger partial charge in [-0.15, -0.1) is 0 Å². The second-order valence-corrected chi connectivity index (χ2v) is 10.1. The highest BCUT2D eigenvalue weighted by Crippen LogP contribution is 2.40. The number of nitrogens with zero attached hydrogens (tertiary/aromatic N) is 1. The van der Waals surface area contributed by atoms with Crippen LogP contribution in [0.5, 0.6) is 28.7 Å². The maximum absolute atomic E-state index is 14.4. The van der Waals surface area contributed by atoms with Gasteiger partial charge in [-0.1, -0.05) is 43.5 Å². The zero-order chi connectivity index (χ0) is 27.5. The zero-order valence-corrected chi connectivity index (χ0v) is 22.3. The van der Waals surface area contributed by atoms with Gasteiger partial charge in [0.2, 0.25) is 18.8 Å². The number of nitrogens with one attached hydrogen (secondary N) is 1. The molecule has 3 aliphatic rings. The van der Waals surface area contributed by atoms with Gasteiger partial charge in [-0.25, -0.2) is 0 Å². The van der Waals surface area contributed by atoms with E-state index < -0.39 is 18.1 Å². The fourth-order valence-corrected chi connectivity index (χ4v) is 5.49. The quantitative estimate of drug-likeness (QED) is 0.457. The summed E-state index contributed by atoms with van der Waals surface area (Å²) in [4.78, 5) is 30.1. The Morgan fingerprint density at radius 2 is 1.65 bits per heavy atom. The van der Waals surface area contributed by atoms with E-state index in [1.54, 1.807) is 49.6 Å². The van der Waals surface area contributed by atoms with Crippen molar-refractivity contribution in [3.05, 3.63) is 72.3 Å². The third-order valence-electron chi connectivity index (χ3n) is 7.52. The Hall–Kier alpha value is -4.40. The minimum Gasteiger partial charge on any atom is -0.497 e. The van der Waals surface area contributed by atoms with Crippen molar-refractivity contribution < 1.29 is 33.3 Å². The molecule has 2 amide bonds. The number of carbonyl (C=O) groups excluding carboxylic acids is 2. The number of amides is 2. The Morgan fingerprint density at radius 1 is 0.875 bits per heavy atom. The van der Waals surface area contributed by atoms with Crippen molar-refractivity contribution in [1.82, 2.24) is 5.32 Å². The highest BCUT2D eigenvalue weighted by atomic mass is 16.7. The van der Waals surface area contributed by atoms with Crippen molar-refractivity contribution in [3.8, 4) is 28.7 Å². The van der Waals surface area contributed by atoms with Gasteiger partial charge in [0.1, 0.15) is 18.4 Å². The van der Waals surface area contributed by atoms with Gasteiger partial charge in [0.05, 0.1) is 7.11 Å². The molecule has 3 aromatic rings. The Balaban J connectivity index is 1.42. The van der Waals surface area contributed by atoms with Crippen molar-refractivity contribution in [3.63, 3.8) is 0 Å².